The molecule has 4 nitrogen and oxygen atoms in total. The molecule has 1 unspecified atom stereocenters. The van der Waals surface area contributed by atoms with E-state index in [2.05, 4.69) is 11.8 Å². The lowest BCUT2D eigenvalue weighted by Crippen LogP contribution is -2.34. The second-order valence-electron chi connectivity index (χ2n) is 5.63. The highest BCUT2D eigenvalue weighted by Crippen LogP contribution is 2.29. The smallest absolute Gasteiger partial charge is 0.219 e. The zero-order valence-electron chi connectivity index (χ0n) is 12.6. The van der Waals surface area contributed by atoms with Crippen LogP contribution in [0.2, 0.25) is 0 Å². The van der Waals surface area contributed by atoms with Crippen LogP contribution in [-0.2, 0) is 4.79 Å². The highest BCUT2D eigenvalue weighted by molar-refractivity contribution is 5.73. The molecule has 0 aromatic heterocycles. The number of aromatic hydroxyl groups is 1. The first kappa shape index (κ1) is 14.9. The van der Waals surface area contributed by atoms with Gasteiger partial charge in [0.25, 0.3) is 0 Å². The van der Waals surface area contributed by atoms with Crippen molar-refractivity contribution < 1.29 is 9.90 Å². The average molecular weight is 276 g/mol. The van der Waals surface area contributed by atoms with Gasteiger partial charge in [-0.05, 0) is 31.9 Å². The van der Waals surface area contributed by atoms with Crippen molar-refractivity contribution in [2.75, 3.05) is 26.2 Å². The number of hydrogen-bond donors (Lipinski definition) is 1. The van der Waals surface area contributed by atoms with Gasteiger partial charge >= 0.3 is 0 Å². The van der Waals surface area contributed by atoms with E-state index >= 15 is 0 Å². The molecule has 0 spiro atoms. The molecule has 1 aromatic rings. The number of hydrogen-bond acceptors (Lipinski definition) is 3. The molecule has 1 N–H and O–H groups in total. The van der Waals surface area contributed by atoms with Gasteiger partial charge in [-0.25, -0.2) is 0 Å². The number of phenolic OH excluding ortho intramolecular Hbond substituents is 1. The molecule has 4 heteroatoms. The zero-order valence-corrected chi connectivity index (χ0v) is 12.6. The third kappa shape index (κ3) is 3.31. The Balaban J connectivity index is 2.09. The maximum absolute atomic E-state index is 11.5. The summed E-state index contributed by atoms with van der Waals surface area (Å²) in [6.45, 7) is 9.14. The van der Waals surface area contributed by atoms with Crippen molar-refractivity contribution in [1.82, 2.24) is 9.80 Å². The van der Waals surface area contributed by atoms with Crippen LogP contribution in [0.4, 0.5) is 0 Å². The first-order valence-corrected chi connectivity index (χ1v) is 7.28. The van der Waals surface area contributed by atoms with Crippen LogP contribution in [0.5, 0.6) is 5.75 Å². The zero-order chi connectivity index (χ0) is 14.7. The minimum absolute atomic E-state index is 0.151. The van der Waals surface area contributed by atoms with Crippen molar-refractivity contribution in [1.29, 1.82) is 0 Å². The summed E-state index contributed by atoms with van der Waals surface area (Å²) in [7, 11) is 0. The van der Waals surface area contributed by atoms with Gasteiger partial charge in [-0.1, -0.05) is 12.1 Å². The summed E-state index contributed by atoms with van der Waals surface area (Å²) < 4.78 is 0. The van der Waals surface area contributed by atoms with Crippen LogP contribution >= 0.6 is 0 Å². The SMILES string of the molecule is CC(=O)N1CCCN(C(C)c2ccc(C)cc2O)CC1. The highest BCUT2D eigenvalue weighted by Gasteiger charge is 2.22. The summed E-state index contributed by atoms with van der Waals surface area (Å²) in [5.41, 5.74) is 2.03. The Hall–Kier alpha value is -1.55. The van der Waals surface area contributed by atoms with Crippen molar-refractivity contribution in [2.45, 2.75) is 33.2 Å². The van der Waals surface area contributed by atoms with Gasteiger partial charge < -0.3 is 10.0 Å². The summed E-state index contributed by atoms with van der Waals surface area (Å²) in [6.07, 6.45) is 0.983. The van der Waals surface area contributed by atoms with Crippen LogP contribution < -0.4 is 0 Å². The van der Waals surface area contributed by atoms with Gasteiger partial charge in [-0.2, -0.15) is 0 Å². The minimum atomic E-state index is 0.151. The fraction of sp³-hybridized carbons (Fsp3) is 0.562. The molecule has 110 valence electrons. The van der Waals surface area contributed by atoms with Gasteiger partial charge in [0.1, 0.15) is 5.75 Å². The Morgan fingerprint density at radius 3 is 2.65 bits per heavy atom. The van der Waals surface area contributed by atoms with Gasteiger partial charge in [0.15, 0.2) is 0 Å². The van der Waals surface area contributed by atoms with Gasteiger partial charge in [-0.3, -0.25) is 9.69 Å². The molecule has 20 heavy (non-hydrogen) atoms. The topological polar surface area (TPSA) is 43.8 Å². The number of nitrogens with zero attached hydrogens (tertiary/aromatic N) is 2. The van der Waals surface area contributed by atoms with Gasteiger partial charge in [0, 0.05) is 44.7 Å². The van der Waals surface area contributed by atoms with E-state index < -0.39 is 0 Å². The molecule has 1 aliphatic heterocycles. The Morgan fingerprint density at radius 2 is 2.00 bits per heavy atom. The molecule has 1 atom stereocenters. The average Bonchev–Trinajstić information content (AvgIpc) is 2.63. The summed E-state index contributed by atoms with van der Waals surface area (Å²) in [5.74, 6) is 0.517. The first-order valence-electron chi connectivity index (χ1n) is 7.28. The summed E-state index contributed by atoms with van der Waals surface area (Å²) in [5, 5.41) is 10.1. The molecule has 1 saturated heterocycles. The van der Waals surface area contributed by atoms with E-state index in [0.29, 0.717) is 5.75 Å². The van der Waals surface area contributed by atoms with E-state index in [1.54, 1.807) is 6.92 Å². The van der Waals surface area contributed by atoms with E-state index in [1.165, 1.54) is 0 Å². The maximum atomic E-state index is 11.5. The van der Waals surface area contributed by atoms with E-state index in [4.69, 9.17) is 0 Å². The van der Waals surface area contributed by atoms with Crippen LogP contribution in [0, 0.1) is 6.92 Å². The van der Waals surface area contributed by atoms with Crippen molar-refractivity contribution in [3.63, 3.8) is 0 Å². The standard InChI is InChI=1S/C16H24N2O2/c1-12-5-6-15(16(20)11-12)13(2)17-7-4-8-18(10-9-17)14(3)19/h5-6,11,13,20H,4,7-10H2,1-3H3. The molecule has 0 saturated carbocycles. The predicted molar refractivity (Wildman–Crippen MR) is 79.7 cm³/mol. The lowest BCUT2D eigenvalue weighted by molar-refractivity contribution is -0.128. The third-order valence-electron chi connectivity index (χ3n) is 4.16. The molecule has 2 rings (SSSR count). The van der Waals surface area contributed by atoms with Crippen LogP contribution in [0.25, 0.3) is 0 Å². The van der Waals surface area contributed by atoms with Crippen molar-refractivity contribution in [3.05, 3.63) is 29.3 Å². The fourth-order valence-corrected chi connectivity index (χ4v) is 2.84. The lowest BCUT2D eigenvalue weighted by Gasteiger charge is -2.28. The van der Waals surface area contributed by atoms with Crippen LogP contribution in [0.1, 0.15) is 37.4 Å². The maximum Gasteiger partial charge on any atom is 0.219 e. The number of carbonyl (C=O) groups excluding carboxylic acids is 1. The van der Waals surface area contributed by atoms with Crippen LogP contribution in [0.3, 0.4) is 0 Å². The Labute approximate surface area is 121 Å². The molecule has 0 radical (unpaired) electrons. The van der Waals surface area contributed by atoms with Crippen LogP contribution in [-0.4, -0.2) is 47.0 Å². The molecule has 1 heterocycles. The first-order chi connectivity index (χ1) is 9.49. The number of rotatable bonds is 2. The molecular weight excluding hydrogens is 252 g/mol. The number of amides is 1. The highest BCUT2D eigenvalue weighted by atomic mass is 16.3. The molecule has 1 amide bonds. The molecule has 0 bridgehead atoms. The Kier molecular flexibility index (Phi) is 4.65. The predicted octanol–water partition coefficient (Wildman–Crippen LogP) is 2.32. The second-order valence-corrected chi connectivity index (χ2v) is 5.63. The van der Waals surface area contributed by atoms with Crippen molar-refractivity contribution in [3.8, 4) is 5.75 Å². The fourth-order valence-electron chi connectivity index (χ4n) is 2.84. The third-order valence-corrected chi connectivity index (χ3v) is 4.16. The van der Waals surface area contributed by atoms with E-state index in [1.807, 2.05) is 30.0 Å². The second kappa shape index (κ2) is 6.27. The Morgan fingerprint density at radius 1 is 1.25 bits per heavy atom. The van der Waals surface area contributed by atoms with Crippen LogP contribution in [0.15, 0.2) is 18.2 Å². The number of aryl methyl sites for hydroxylation is 1. The number of carbonyl (C=O) groups is 1. The Bertz CT molecular complexity index is 487. The minimum Gasteiger partial charge on any atom is -0.508 e. The van der Waals surface area contributed by atoms with Gasteiger partial charge in [0.05, 0.1) is 0 Å². The normalized spacial score (nSPS) is 18.6. The summed E-state index contributed by atoms with van der Waals surface area (Å²) >= 11 is 0. The number of benzene rings is 1. The van der Waals surface area contributed by atoms with E-state index in [9.17, 15) is 9.90 Å². The van der Waals surface area contributed by atoms with E-state index in [0.717, 1.165) is 43.7 Å². The van der Waals surface area contributed by atoms with Gasteiger partial charge in [0.2, 0.25) is 5.91 Å². The van der Waals surface area contributed by atoms with Crippen molar-refractivity contribution >= 4 is 5.91 Å². The molecule has 1 fully saturated rings. The summed E-state index contributed by atoms with van der Waals surface area (Å²) in [6, 6.07) is 6.02. The molecule has 1 aromatic carbocycles. The largest absolute Gasteiger partial charge is 0.508 e. The quantitative estimate of drug-likeness (QED) is 0.901. The van der Waals surface area contributed by atoms with Gasteiger partial charge in [-0.15, -0.1) is 0 Å². The van der Waals surface area contributed by atoms with Crippen molar-refractivity contribution in [2.24, 2.45) is 0 Å². The van der Waals surface area contributed by atoms with E-state index in [-0.39, 0.29) is 11.9 Å². The number of phenols is 1. The molecule has 1 aliphatic rings. The lowest BCUT2D eigenvalue weighted by atomic mass is 10.0. The summed E-state index contributed by atoms with van der Waals surface area (Å²) in [4.78, 5) is 15.7. The monoisotopic (exact) mass is 276 g/mol. The molecule has 0 aliphatic carbocycles. The molecular formula is C16H24N2O2.